The van der Waals surface area contributed by atoms with Gasteiger partial charge in [-0.3, -0.25) is 9.13 Å². The van der Waals surface area contributed by atoms with Crippen molar-refractivity contribution >= 4 is 87.2 Å². The fourth-order valence-corrected chi connectivity index (χ4v) is 16.2. The van der Waals surface area contributed by atoms with Gasteiger partial charge in [0.05, 0.1) is 55.5 Å². The lowest BCUT2D eigenvalue weighted by Gasteiger charge is -2.15. The first-order valence-corrected chi connectivity index (χ1v) is 36.2. The summed E-state index contributed by atoms with van der Waals surface area (Å²) in [6, 6.07) is 143. The van der Waals surface area contributed by atoms with Crippen LogP contribution in [0.2, 0.25) is 0 Å². The van der Waals surface area contributed by atoms with Crippen molar-refractivity contribution < 1.29 is 0 Å². The number of nitrogens with zero attached hydrogens (tertiary/aromatic N) is 6. The van der Waals surface area contributed by atoms with Crippen LogP contribution in [0.15, 0.2) is 400 Å². The number of fused-ring (bicyclic) bond motifs is 12. The zero-order valence-corrected chi connectivity index (χ0v) is 57.8. The van der Waals surface area contributed by atoms with Gasteiger partial charge >= 0.3 is 0 Å². The fourth-order valence-electron chi connectivity index (χ4n) is 16.2. The molecule has 21 aromatic rings. The highest BCUT2D eigenvalue weighted by molar-refractivity contribution is 6.18. The Bertz CT molecular complexity index is 6800. The maximum Gasteiger partial charge on any atom is 0.138 e. The molecule has 6 nitrogen and oxygen atoms in total. The average Bonchev–Trinajstić information content (AvgIpc) is 1.58. The van der Waals surface area contributed by atoms with Crippen molar-refractivity contribution in [3.63, 3.8) is 0 Å². The summed E-state index contributed by atoms with van der Waals surface area (Å²) in [7, 11) is 0. The highest BCUT2D eigenvalue weighted by Crippen LogP contribution is 2.45. The SMILES string of the molecule is c1ccc(-c2cc(-c3ccccc3)nc(-n3c4ccccc4c4cc(-c5cccc6c7ccccc7n(-c7ccccc7)c56)ccc43)c2)cc1.c1ccc(-c2cccc(-n3c4ccccc4c4ccc(-c5cccc6c7ccccc7n(-c7cc(-c8ccccc8)cc(-c8ccccc8)n7)c56)cc43)c2)cc1. The number of rotatable bonds is 11. The molecule has 0 aliphatic heterocycles. The molecule has 106 heavy (non-hydrogen) atoms. The molecule has 496 valence electrons. The molecule has 0 unspecified atom stereocenters. The number of para-hydroxylation sites is 7. The van der Waals surface area contributed by atoms with E-state index < -0.39 is 0 Å². The molecular formula is C100H66N6. The van der Waals surface area contributed by atoms with Crippen molar-refractivity contribution in [2.75, 3.05) is 0 Å². The minimum Gasteiger partial charge on any atom is -0.309 e. The van der Waals surface area contributed by atoms with E-state index in [4.69, 9.17) is 9.97 Å². The maximum absolute atomic E-state index is 5.43. The summed E-state index contributed by atoms with van der Waals surface area (Å²) in [4.78, 5) is 10.8. The molecule has 0 bridgehead atoms. The Labute approximate surface area is 613 Å². The third-order valence-electron chi connectivity index (χ3n) is 21.0. The quantitative estimate of drug-likeness (QED) is 0.130. The van der Waals surface area contributed by atoms with Gasteiger partial charge in [0.25, 0.3) is 0 Å². The molecule has 0 fully saturated rings. The van der Waals surface area contributed by atoms with Gasteiger partial charge in [0.1, 0.15) is 11.6 Å². The second-order valence-corrected chi connectivity index (χ2v) is 27.2. The smallest absolute Gasteiger partial charge is 0.138 e. The van der Waals surface area contributed by atoms with Crippen molar-refractivity contribution in [3.8, 4) is 101 Å². The molecule has 0 aliphatic carbocycles. The molecule has 0 N–H and O–H groups in total. The summed E-state index contributed by atoms with van der Waals surface area (Å²) in [6.07, 6.45) is 0. The molecule has 0 saturated carbocycles. The van der Waals surface area contributed by atoms with Gasteiger partial charge < -0.3 is 9.13 Å². The van der Waals surface area contributed by atoms with Gasteiger partial charge in [-0.1, -0.05) is 309 Å². The first kappa shape index (κ1) is 61.7. The minimum atomic E-state index is 0.886. The molecule has 0 spiro atoms. The monoisotopic (exact) mass is 1350 g/mol. The highest BCUT2D eigenvalue weighted by atomic mass is 15.1. The molecule has 0 atom stereocenters. The van der Waals surface area contributed by atoms with E-state index in [2.05, 4.69) is 419 Å². The van der Waals surface area contributed by atoms with Gasteiger partial charge in [0.2, 0.25) is 0 Å². The van der Waals surface area contributed by atoms with E-state index in [-0.39, 0.29) is 0 Å². The van der Waals surface area contributed by atoms with Crippen molar-refractivity contribution in [2.24, 2.45) is 0 Å². The van der Waals surface area contributed by atoms with Gasteiger partial charge in [0, 0.05) is 76.7 Å². The Morgan fingerprint density at radius 1 is 0.160 bits per heavy atom. The average molecular weight is 1350 g/mol. The molecule has 0 amide bonds. The standard InChI is InChI=1S/C53H35N3.C47H31N3/c1-4-16-36(17-5-1)39-22-14-23-42(32-39)55-49-28-12-10-24-44(49)46-31-30-40(34-51(46)55)43-26-15-27-47-45-25-11-13-29-50(45)56(53(43)47)52-35-41(37-18-6-2-7-19-37)33-48(54-52)38-20-8-3-9-21-38;1-4-15-32(16-5-1)35-30-42(33-17-6-2-7-18-33)48-46(31-35)50-44-26-13-11-22-39(44)41-29-34(27-28-45(41)50)37-23-14-24-40-38-21-10-12-25-43(38)49(47(37)40)36-19-8-3-9-20-36/h1-35H;1-31H. The maximum atomic E-state index is 5.43. The fraction of sp³-hybridized carbons (Fsp3) is 0. The van der Waals surface area contributed by atoms with Crippen LogP contribution in [-0.4, -0.2) is 28.2 Å². The zero-order valence-electron chi connectivity index (χ0n) is 57.8. The van der Waals surface area contributed by atoms with Crippen LogP contribution in [0.1, 0.15) is 0 Å². The van der Waals surface area contributed by atoms with Crippen LogP contribution >= 0.6 is 0 Å². The Morgan fingerprint density at radius 3 is 1.05 bits per heavy atom. The first-order chi connectivity index (χ1) is 52.6. The molecule has 6 heteroatoms. The minimum absolute atomic E-state index is 0.886. The van der Waals surface area contributed by atoms with Crippen LogP contribution in [0.25, 0.3) is 188 Å². The number of benzene rings is 15. The first-order valence-electron chi connectivity index (χ1n) is 36.2. The number of hydrogen-bond acceptors (Lipinski definition) is 2. The topological polar surface area (TPSA) is 45.5 Å². The van der Waals surface area contributed by atoms with Crippen molar-refractivity contribution in [3.05, 3.63) is 400 Å². The molecule has 0 radical (unpaired) electrons. The number of pyridine rings is 2. The lowest BCUT2D eigenvalue weighted by atomic mass is 10.00. The van der Waals surface area contributed by atoms with Crippen LogP contribution in [-0.2, 0) is 0 Å². The van der Waals surface area contributed by atoms with Crippen LogP contribution in [0.5, 0.6) is 0 Å². The molecule has 21 rings (SSSR count). The van der Waals surface area contributed by atoms with E-state index in [1.807, 2.05) is 0 Å². The van der Waals surface area contributed by atoms with Crippen LogP contribution in [0.3, 0.4) is 0 Å². The van der Waals surface area contributed by atoms with E-state index in [1.165, 1.54) is 93.0 Å². The molecular weight excluding hydrogens is 1290 g/mol. The predicted molar refractivity (Wildman–Crippen MR) is 444 cm³/mol. The number of hydrogen-bond donors (Lipinski definition) is 0. The van der Waals surface area contributed by atoms with E-state index in [0.29, 0.717) is 0 Å². The molecule has 6 heterocycles. The Balaban J connectivity index is 0.000000141. The lowest BCUT2D eigenvalue weighted by molar-refractivity contribution is 1.08. The summed E-state index contributed by atoms with van der Waals surface area (Å²) in [5, 5.41) is 9.77. The second-order valence-electron chi connectivity index (χ2n) is 27.2. The van der Waals surface area contributed by atoms with Gasteiger partial charge in [-0.25, -0.2) is 9.97 Å². The van der Waals surface area contributed by atoms with Crippen LogP contribution in [0, 0.1) is 0 Å². The van der Waals surface area contributed by atoms with Crippen LogP contribution in [0.4, 0.5) is 0 Å². The second kappa shape index (κ2) is 26.0. The largest absolute Gasteiger partial charge is 0.309 e. The van der Waals surface area contributed by atoms with E-state index in [1.54, 1.807) is 0 Å². The summed E-state index contributed by atoms with van der Waals surface area (Å²) in [5.41, 5.74) is 27.3. The highest BCUT2D eigenvalue weighted by Gasteiger charge is 2.24. The summed E-state index contributed by atoms with van der Waals surface area (Å²) < 4.78 is 9.54. The normalized spacial score (nSPS) is 11.6. The van der Waals surface area contributed by atoms with Crippen LogP contribution < -0.4 is 0 Å². The summed E-state index contributed by atoms with van der Waals surface area (Å²) in [5.74, 6) is 1.78. The van der Waals surface area contributed by atoms with E-state index >= 15 is 0 Å². The Morgan fingerprint density at radius 2 is 0.509 bits per heavy atom. The Hall–Kier alpha value is -14.2. The molecule has 6 aromatic heterocycles. The van der Waals surface area contributed by atoms with E-state index in [9.17, 15) is 0 Å². The molecule has 15 aromatic carbocycles. The predicted octanol–water partition coefficient (Wildman–Crippen LogP) is 26.2. The van der Waals surface area contributed by atoms with Gasteiger partial charge in [-0.15, -0.1) is 0 Å². The third-order valence-corrected chi connectivity index (χ3v) is 21.0. The number of aromatic nitrogens is 6. The molecule has 0 saturated heterocycles. The zero-order chi connectivity index (χ0) is 70.0. The van der Waals surface area contributed by atoms with Crippen molar-refractivity contribution in [1.29, 1.82) is 0 Å². The third kappa shape index (κ3) is 10.7. The molecule has 0 aliphatic rings. The van der Waals surface area contributed by atoms with E-state index in [0.717, 1.165) is 95.4 Å². The van der Waals surface area contributed by atoms with Gasteiger partial charge in [-0.05, 0) is 136 Å². The van der Waals surface area contributed by atoms with Gasteiger partial charge in [-0.2, -0.15) is 0 Å². The van der Waals surface area contributed by atoms with Crippen molar-refractivity contribution in [2.45, 2.75) is 0 Å². The van der Waals surface area contributed by atoms with Crippen molar-refractivity contribution in [1.82, 2.24) is 28.2 Å². The lowest BCUT2D eigenvalue weighted by Crippen LogP contribution is -2.01. The summed E-state index contributed by atoms with van der Waals surface area (Å²) in [6.45, 7) is 0. The summed E-state index contributed by atoms with van der Waals surface area (Å²) >= 11 is 0. The Kier molecular flexibility index (Phi) is 15.1. The van der Waals surface area contributed by atoms with Gasteiger partial charge in [0.15, 0.2) is 0 Å².